The zero-order chi connectivity index (χ0) is 11.8. The second kappa shape index (κ2) is 4.11. The minimum Gasteiger partial charge on any atom is -0.307 e. The molecular formula is C12H11ClFN3. The SMILES string of the molecule is Fc1ccc(-c2nnc(CCl)n2C2CC2)cc1. The van der Waals surface area contributed by atoms with Crippen LogP contribution in [0.3, 0.4) is 0 Å². The van der Waals surface area contributed by atoms with Crippen molar-refractivity contribution in [1.29, 1.82) is 0 Å². The molecule has 3 nitrogen and oxygen atoms in total. The Morgan fingerprint density at radius 2 is 1.94 bits per heavy atom. The van der Waals surface area contributed by atoms with Gasteiger partial charge in [-0.2, -0.15) is 0 Å². The molecule has 0 spiro atoms. The van der Waals surface area contributed by atoms with Crippen molar-refractivity contribution in [3.8, 4) is 11.4 Å². The molecule has 1 aromatic heterocycles. The molecule has 0 radical (unpaired) electrons. The standard InChI is InChI=1S/C12H11ClFN3/c13-7-11-15-16-12(17(11)10-5-6-10)8-1-3-9(14)4-2-8/h1-4,10H,5-7H2. The van der Waals surface area contributed by atoms with Crippen LogP contribution in [0.2, 0.25) is 0 Å². The van der Waals surface area contributed by atoms with Gasteiger partial charge in [0, 0.05) is 11.6 Å². The van der Waals surface area contributed by atoms with Crippen LogP contribution < -0.4 is 0 Å². The fourth-order valence-corrected chi connectivity index (χ4v) is 2.11. The van der Waals surface area contributed by atoms with Crippen molar-refractivity contribution in [2.45, 2.75) is 24.8 Å². The summed E-state index contributed by atoms with van der Waals surface area (Å²) in [6.45, 7) is 0. The molecule has 1 aromatic carbocycles. The minimum absolute atomic E-state index is 0.246. The molecular weight excluding hydrogens is 241 g/mol. The zero-order valence-corrected chi connectivity index (χ0v) is 9.86. The van der Waals surface area contributed by atoms with Crippen LogP contribution in [-0.2, 0) is 5.88 Å². The maximum atomic E-state index is 12.9. The summed E-state index contributed by atoms with van der Waals surface area (Å²) in [4.78, 5) is 0. The molecule has 3 rings (SSSR count). The summed E-state index contributed by atoms with van der Waals surface area (Å²) >= 11 is 5.85. The highest BCUT2D eigenvalue weighted by Gasteiger charge is 2.29. The van der Waals surface area contributed by atoms with E-state index in [-0.39, 0.29) is 5.82 Å². The summed E-state index contributed by atoms with van der Waals surface area (Å²) < 4.78 is 15.0. The van der Waals surface area contributed by atoms with Crippen molar-refractivity contribution in [2.75, 3.05) is 0 Å². The van der Waals surface area contributed by atoms with Gasteiger partial charge in [0.25, 0.3) is 0 Å². The fourth-order valence-electron chi connectivity index (χ4n) is 1.93. The number of halogens is 2. The van der Waals surface area contributed by atoms with Crippen molar-refractivity contribution in [2.24, 2.45) is 0 Å². The minimum atomic E-state index is -0.246. The number of hydrogen-bond donors (Lipinski definition) is 0. The second-order valence-corrected chi connectivity index (χ2v) is 4.45. The molecule has 1 aliphatic carbocycles. The maximum absolute atomic E-state index is 12.9. The average molecular weight is 252 g/mol. The molecule has 0 atom stereocenters. The van der Waals surface area contributed by atoms with E-state index < -0.39 is 0 Å². The first kappa shape index (κ1) is 10.7. The lowest BCUT2D eigenvalue weighted by molar-refractivity contribution is 0.628. The Labute approximate surface area is 103 Å². The van der Waals surface area contributed by atoms with Crippen LogP contribution in [-0.4, -0.2) is 14.8 Å². The van der Waals surface area contributed by atoms with E-state index in [1.54, 1.807) is 12.1 Å². The van der Waals surface area contributed by atoms with Crippen molar-refractivity contribution in [1.82, 2.24) is 14.8 Å². The van der Waals surface area contributed by atoms with E-state index in [9.17, 15) is 4.39 Å². The van der Waals surface area contributed by atoms with Gasteiger partial charge in [-0.15, -0.1) is 21.8 Å². The topological polar surface area (TPSA) is 30.7 Å². The molecule has 17 heavy (non-hydrogen) atoms. The Morgan fingerprint density at radius 3 is 2.53 bits per heavy atom. The van der Waals surface area contributed by atoms with Gasteiger partial charge in [-0.1, -0.05) is 0 Å². The van der Waals surface area contributed by atoms with Gasteiger partial charge >= 0.3 is 0 Å². The second-order valence-electron chi connectivity index (χ2n) is 4.18. The lowest BCUT2D eigenvalue weighted by Crippen LogP contribution is -2.01. The van der Waals surface area contributed by atoms with Gasteiger partial charge in [0.1, 0.15) is 11.6 Å². The summed E-state index contributed by atoms with van der Waals surface area (Å²) in [7, 11) is 0. The molecule has 1 saturated carbocycles. The van der Waals surface area contributed by atoms with E-state index in [0.29, 0.717) is 11.9 Å². The van der Waals surface area contributed by atoms with Crippen LogP contribution in [0.15, 0.2) is 24.3 Å². The van der Waals surface area contributed by atoms with Crippen LogP contribution in [0.25, 0.3) is 11.4 Å². The number of rotatable bonds is 3. The predicted molar refractivity (Wildman–Crippen MR) is 63.2 cm³/mol. The highest BCUT2D eigenvalue weighted by Crippen LogP contribution is 2.39. The average Bonchev–Trinajstić information content (AvgIpc) is 3.10. The van der Waals surface area contributed by atoms with Crippen LogP contribution >= 0.6 is 11.6 Å². The Hall–Kier alpha value is -1.42. The largest absolute Gasteiger partial charge is 0.307 e. The third-order valence-corrected chi connectivity index (χ3v) is 3.14. The van der Waals surface area contributed by atoms with E-state index >= 15 is 0 Å². The quantitative estimate of drug-likeness (QED) is 0.785. The smallest absolute Gasteiger partial charge is 0.164 e. The Morgan fingerprint density at radius 1 is 1.24 bits per heavy atom. The molecule has 1 heterocycles. The van der Waals surface area contributed by atoms with Gasteiger partial charge < -0.3 is 4.57 Å². The van der Waals surface area contributed by atoms with Gasteiger partial charge in [-0.05, 0) is 37.1 Å². The Balaban J connectivity index is 2.07. The summed E-state index contributed by atoms with van der Waals surface area (Å²) in [5.41, 5.74) is 0.877. The van der Waals surface area contributed by atoms with Crippen molar-refractivity contribution >= 4 is 11.6 Å². The van der Waals surface area contributed by atoms with Gasteiger partial charge in [0.15, 0.2) is 5.82 Å². The van der Waals surface area contributed by atoms with E-state index in [1.165, 1.54) is 12.1 Å². The summed E-state index contributed by atoms with van der Waals surface area (Å²) in [6, 6.07) is 6.76. The molecule has 88 valence electrons. The number of hydrogen-bond acceptors (Lipinski definition) is 2. The van der Waals surface area contributed by atoms with Crippen molar-refractivity contribution < 1.29 is 4.39 Å². The highest BCUT2D eigenvalue weighted by atomic mass is 35.5. The lowest BCUT2D eigenvalue weighted by Gasteiger charge is -2.07. The van der Waals surface area contributed by atoms with Gasteiger partial charge in [-0.25, -0.2) is 4.39 Å². The van der Waals surface area contributed by atoms with Crippen LogP contribution in [0.1, 0.15) is 24.7 Å². The number of alkyl halides is 1. The van der Waals surface area contributed by atoms with E-state index in [1.807, 2.05) is 0 Å². The maximum Gasteiger partial charge on any atom is 0.164 e. The molecule has 0 bridgehead atoms. The Kier molecular flexibility index (Phi) is 2.59. The van der Waals surface area contributed by atoms with E-state index in [2.05, 4.69) is 14.8 Å². The molecule has 0 unspecified atom stereocenters. The van der Waals surface area contributed by atoms with Crippen LogP contribution in [0.4, 0.5) is 4.39 Å². The van der Waals surface area contributed by atoms with Gasteiger partial charge in [-0.3, -0.25) is 0 Å². The van der Waals surface area contributed by atoms with Crippen molar-refractivity contribution in [3.63, 3.8) is 0 Å². The Bertz CT molecular complexity index is 531. The molecule has 2 aromatic rings. The molecule has 0 saturated heterocycles. The molecule has 1 aliphatic rings. The van der Waals surface area contributed by atoms with Crippen LogP contribution in [0.5, 0.6) is 0 Å². The predicted octanol–water partition coefficient (Wildman–Crippen LogP) is 3.16. The molecule has 1 fully saturated rings. The summed E-state index contributed by atoms with van der Waals surface area (Å²) in [5, 5.41) is 8.24. The van der Waals surface area contributed by atoms with E-state index in [4.69, 9.17) is 11.6 Å². The number of aromatic nitrogens is 3. The van der Waals surface area contributed by atoms with Crippen molar-refractivity contribution in [3.05, 3.63) is 35.9 Å². The van der Waals surface area contributed by atoms with Crippen LogP contribution in [0, 0.1) is 5.82 Å². The first-order chi connectivity index (χ1) is 8.29. The molecule has 0 amide bonds. The zero-order valence-electron chi connectivity index (χ0n) is 9.11. The monoisotopic (exact) mass is 251 g/mol. The molecule has 0 N–H and O–H groups in total. The number of nitrogens with zero attached hydrogens (tertiary/aromatic N) is 3. The highest BCUT2D eigenvalue weighted by molar-refractivity contribution is 6.16. The van der Waals surface area contributed by atoms with Gasteiger partial charge in [0.05, 0.1) is 5.88 Å². The third-order valence-electron chi connectivity index (χ3n) is 2.90. The lowest BCUT2D eigenvalue weighted by atomic mass is 10.2. The first-order valence-corrected chi connectivity index (χ1v) is 6.08. The molecule has 5 heteroatoms. The number of benzene rings is 1. The van der Waals surface area contributed by atoms with Gasteiger partial charge in [0.2, 0.25) is 0 Å². The summed E-state index contributed by atoms with van der Waals surface area (Å²) in [5.74, 6) is 1.67. The summed E-state index contributed by atoms with van der Waals surface area (Å²) in [6.07, 6.45) is 2.27. The fraction of sp³-hybridized carbons (Fsp3) is 0.333. The normalized spacial score (nSPS) is 15.2. The van der Waals surface area contributed by atoms with E-state index in [0.717, 1.165) is 30.1 Å². The molecule has 0 aliphatic heterocycles. The first-order valence-electron chi connectivity index (χ1n) is 5.55. The third kappa shape index (κ3) is 1.93.